The summed E-state index contributed by atoms with van der Waals surface area (Å²) in [6, 6.07) is 1.60. The first-order chi connectivity index (χ1) is 14.8. The molecular weight excluding hydrogens is 432 g/mol. The number of hydrogen-bond donors (Lipinski definition) is 4. The molecule has 11 heteroatoms. The first-order valence-electron chi connectivity index (χ1n) is 10.8. The van der Waals surface area contributed by atoms with Crippen molar-refractivity contribution in [3.05, 3.63) is 22.6 Å². The zero-order valence-corrected chi connectivity index (χ0v) is 20.7. The Hall–Kier alpha value is -2.05. The number of ether oxygens (including phenoxy) is 1. The van der Waals surface area contributed by atoms with E-state index < -0.39 is 38.4 Å². The number of hydrogen-bond acceptors (Lipinski definition) is 7. The Morgan fingerprint density at radius 2 is 2.06 bits per heavy atom. The molecule has 0 saturated carbocycles. The number of nitrogens with one attached hydrogen (secondary N) is 2. The van der Waals surface area contributed by atoms with Crippen LogP contribution in [0.5, 0.6) is 0 Å². The van der Waals surface area contributed by atoms with Crippen LogP contribution < -0.4 is 10.9 Å². The van der Waals surface area contributed by atoms with E-state index in [1.807, 2.05) is 0 Å². The summed E-state index contributed by atoms with van der Waals surface area (Å²) in [4.78, 5) is 31.7. The van der Waals surface area contributed by atoms with Crippen LogP contribution in [0.25, 0.3) is 11.0 Å². The number of carbonyl (C=O) groups is 1. The highest BCUT2D eigenvalue weighted by Crippen LogP contribution is 2.42. The maximum atomic E-state index is 12.6. The molecule has 1 aliphatic heterocycles. The fraction of sp³-hybridized carbons (Fsp3) is 0.667. The zero-order chi connectivity index (χ0) is 24.0. The van der Waals surface area contributed by atoms with Gasteiger partial charge in [0.25, 0.3) is 5.56 Å². The van der Waals surface area contributed by atoms with E-state index in [0.29, 0.717) is 5.39 Å². The fourth-order valence-corrected chi connectivity index (χ4v) is 4.60. The van der Waals surface area contributed by atoms with Crippen LogP contribution >= 0.6 is 0 Å². The third kappa shape index (κ3) is 4.53. The normalized spacial score (nSPS) is 24.4. The molecule has 4 unspecified atom stereocenters. The Morgan fingerprint density at radius 3 is 2.62 bits per heavy atom. The number of aliphatic hydroxyl groups excluding tert-OH is 2. The number of H-pyrrole nitrogens is 1. The van der Waals surface area contributed by atoms with E-state index in [-0.39, 0.29) is 35.1 Å². The van der Waals surface area contributed by atoms with Crippen LogP contribution in [0.4, 0.5) is 5.95 Å². The summed E-state index contributed by atoms with van der Waals surface area (Å²) >= 11 is 0. The first-order valence-corrected chi connectivity index (χ1v) is 13.7. The minimum Gasteiger partial charge on any atom is -0.407 e. The molecule has 10 nitrogen and oxygen atoms in total. The van der Waals surface area contributed by atoms with Gasteiger partial charge in [0.1, 0.15) is 18.3 Å². The van der Waals surface area contributed by atoms with Crippen molar-refractivity contribution in [2.24, 2.45) is 5.92 Å². The molecule has 2 aromatic rings. The Bertz CT molecular complexity index is 1040. The maximum Gasteiger partial charge on any atom is 0.261 e. The Morgan fingerprint density at radius 1 is 1.41 bits per heavy atom. The van der Waals surface area contributed by atoms with E-state index in [0.717, 1.165) is 0 Å². The van der Waals surface area contributed by atoms with Crippen molar-refractivity contribution in [2.45, 2.75) is 77.3 Å². The molecule has 1 aliphatic rings. The van der Waals surface area contributed by atoms with Gasteiger partial charge in [-0.25, -0.2) is 0 Å². The number of carbonyl (C=O) groups excluding carboxylic acids is 1. The van der Waals surface area contributed by atoms with Crippen LogP contribution in [0.1, 0.15) is 40.8 Å². The van der Waals surface area contributed by atoms with E-state index >= 15 is 0 Å². The van der Waals surface area contributed by atoms with Crippen molar-refractivity contribution in [1.82, 2.24) is 14.5 Å². The van der Waals surface area contributed by atoms with Gasteiger partial charge in [0.2, 0.25) is 11.9 Å². The Kier molecular flexibility index (Phi) is 6.69. The molecule has 0 aromatic carbocycles. The highest BCUT2D eigenvalue weighted by Gasteiger charge is 2.50. The first kappa shape index (κ1) is 24.6. The lowest BCUT2D eigenvalue weighted by Crippen LogP contribution is -2.48. The van der Waals surface area contributed by atoms with Gasteiger partial charge in [0, 0.05) is 12.1 Å². The molecule has 1 amide bonds. The largest absolute Gasteiger partial charge is 0.407 e. The lowest BCUT2D eigenvalue weighted by Gasteiger charge is -2.40. The van der Waals surface area contributed by atoms with E-state index in [2.05, 4.69) is 49.1 Å². The number of nitrogens with zero attached hydrogens (tertiary/aromatic N) is 2. The molecule has 4 atom stereocenters. The summed E-state index contributed by atoms with van der Waals surface area (Å²) in [7, 11) is -2.31. The molecule has 3 heterocycles. The van der Waals surface area contributed by atoms with Crippen LogP contribution in [0, 0.1) is 5.92 Å². The summed E-state index contributed by atoms with van der Waals surface area (Å²) in [6.07, 6.45) is -1.83. The predicted molar refractivity (Wildman–Crippen MR) is 123 cm³/mol. The summed E-state index contributed by atoms with van der Waals surface area (Å²) in [5.41, 5.74) is -0.126. The molecule has 0 radical (unpaired) electrons. The highest BCUT2D eigenvalue weighted by atomic mass is 28.4. The number of aromatic amines is 1. The summed E-state index contributed by atoms with van der Waals surface area (Å²) in [5, 5.41) is 23.4. The minimum absolute atomic E-state index is 0.0280. The van der Waals surface area contributed by atoms with Gasteiger partial charge in [-0.15, -0.1) is 0 Å². The van der Waals surface area contributed by atoms with Gasteiger partial charge in [-0.3, -0.25) is 19.9 Å². The molecule has 0 spiro atoms. The van der Waals surface area contributed by atoms with Crippen molar-refractivity contribution in [2.75, 3.05) is 11.9 Å². The summed E-state index contributed by atoms with van der Waals surface area (Å²) in [6.45, 7) is 13.5. The maximum absolute atomic E-state index is 12.6. The monoisotopic (exact) mass is 466 g/mol. The van der Waals surface area contributed by atoms with Crippen molar-refractivity contribution in [1.29, 1.82) is 0 Å². The average Bonchev–Trinajstić information content (AvgIpc) is 3.22. The van der Waals surface area contributed by atoms with Crippen molar-refractivity contribution < 1.29 is 24.2 Å². The molecular formula is C21H34N4O6Si. The second-order valence-corrected chi connectivity index (χ2v) is 14.9. The molecule has 1 saturated heterocycles. The zero-order valence-electron chi connectivity index (χ0n) is 19.7. The molecule has 0 bridgehead atoms. The standard InChI is InChI=1S/C21H34N4O6Si/c1-11(2)17(28)23-20-22-16-12(18(29)24-20)8-9-25(16)19-15(14(27)13(10-26)30-19)31-32(6,7)21(3,4)5/h8-9,11,13-15,19,26-27H,10H2,1-7H3,(H2,22,23,24,28,29). The number of rotatable bonds is 6. The van der Waals surface area contributed by atoms with Crippen LogP contribution in [0.2, 0.25) is 18.1 Å². The van der Waals surface area contributed by atoms with Crippen LogP contribution in [-0.4, -0.2) is 63.9 Å². The third-order valence-electron chi connectivity index (χ3n) is 6.35. The van der Waals surface area contributed by atoms with Gasteiger partial charge >= 0.3 is 0 Å². The van der Waals surface area contributed by atoms with Gasteiger partial charge in [-0.1, -0.05) is 34.6 Å². The van der Waals surface area contributed by atoms with Gasteiger partial charge < -0.3 is 23.9 Å². The van der Waals surface area contributed by atoms with E-state index in [4.69, 9.17) is 9.16 Å². The number of amides is 1. The van der Waals surface area contributed by atoms with Gasteiger partial charge in [-0.2, -0.15) is 4.98 Å². The topological polar surface area (TPSA) is 139 Å². The van der Waals surface area contributed by atoms with Crippen LogP contribution in [0.3, 0.4) is 0 Å². The molecule has 178 valence electrons. The van der Waals surface area contributed by atoms with Crippen molar-refractivity contribution in [3.8, 4) is 0 Å². The minimum atomic E-state index is -2.31. The van der Waals surface area contributed by atoms with Gasteiger partial charge in [-0.05, 0) is 24.2 Å². The smallest absolute Gasteiger partial charge is 0.261 e. The molecule has 1 fully saturated rings. The number of aromatic nitrogens is 3. The Labute approximate surface area is 188 Å². The second kappa shape index (κ2) is 8.71. The fourth-order valence-electron chi connectivity index (χ4n) is 3.31. The summed E-state index contributed by atoms with van der Waals surface area (Å²) < 4.78 is 14.1. The summed E-state index contributed by atoms with van der Waals surface area (Å²) in [5.74, 6) is -0.540. The molecule has 3 rings (SSSR count). The van der Waals surface area contributed by atoms with Crippen LogP contribution in [0.15, 0.2) is 17.1 Å². The molecule has 2 aromatic heterocycles. The quantitative estimate of drug-likeness (QED) is 0.477. The number of aliphatic hydroxyl groups is 2. The average molecular weight is 467 g/mol. The van der Waals surface area contributed by atoms with Crippen LogP contribution in [-0.2, 0) is 14.0 Å². The third-order valence-corrected chi connectivity index (χ3v) is 10.8. The van der Waals surface area contributed by atoms with Gasteiger partial charge in [0.05, 0.1) is 12.0 Å². The Balaban J connectivity index is 2.05. The second-order valence-electron chi connectivity index (χ2n) is 10.1. The molecule has 32 heavy (non-hydrogen) atoms. The van der Waals surface area contributed by atoms with Crippen molar-refractivity contribution >= 4 is 31.2 Å². The van der Waals surface area contributed by atoms with E-state index in [9.17, 15) is 19.8 Å². The van der Waals surface area contributed by atoms with E-state index in [1.165, 1.54) is 0 Å². The highest BCUT2D eigenvalue weighted by molar-refractivity contribution is 6.74. The van der Waals surface area contributed by atoms with Gasteiger partial charge in [0.15, 0.2) is 20.2 Å². The number of anilines is 1. The van der Waals surface area contributed by atoms with E-state index in [1.54, 1.807) is 30.7 Å². The SMILES string of the molecule is CC(C)C(=O)Nc1nc2c(ccn2C2OC(CO)C(O)C2O[Si](C)(C)C(C)(C)C)c(=O)[nH]1. The lowest BCUT2D eigenvalue weighted by molar-refractivity contribution is -0.118. The molecule has 0 aliphatic carbocycles. The van der Waals surface area contributed by atoms with Crippen molar-refractivity contribution in [3.63, 3.8) is 0 Å². The number of fused-ring (bicyclic) bond motifs is 1. The predicted octanol–water partition coefficient (Wildman–Crippen LogP) is 1.96. The molecule has 4 N–H and O–H groups in total. The lowest BCUT2D eigenvalue weighted by atomic mass is 10.1.